The van der Waals surface area contributed by atoms with E-state index in [2.05, 4.69) is 23.1 Å². The van der Waals surface area contributed by atoms with Crippen LogP contribution in [0.5, 0.6) is 5.75 Å². The van der Waals surface area contributed by atoms with Gasteiger partial charge < -0.3 is 4.74 Å². The summed E-state index contributed by atoms with van der Waals surface area (Å²) in [4.78, 5) is 2.79. The molecule has 1 aliphatic heterocycles. The number of nitrogens with zero attached hydrogens (tertiary/aromatic N) is 2. The Labute approximate surface area is 169 Å². The van der Waals surface area contributed by atoms with Crippen LogP contribution in [0, 0.1) is 27.7 Å². The smallest absolute Gasteiger partial charge is 0.243 e. The Morgan fingerprint density at radius 2 is 1.43 bits per heavy atom. The van der Waals surface area contributed by atoms with Crippen LogP contribution in [0.15, 0.2) is 35.2 Å². The number of methoxy groups -OCH3 is 1. The molecule has 1 saturated heterocycles. The number of hydrogen-bond donors (Lipinski definition) is 0. The fourth-order valence-electron chi connectivity index (χ4n) is 3.81. The van der Waals surface area contributed by atoms with E-state index in [1.54, 1.807) is 11.4 Å². The van der Waals surface area contributed by atoms with Gasteiger partial charge in [-0.05, 0) is 67.6 Å². The lowest BCUT2D eigenvalue weighted by Gasteiger charge is -2.34. The first kappa shape index (κ1) is 20.8. The largest absolute Gasteiger partial charge is 0.497 e. The number of aryl methyl sites for hydroxylation is 2. The van der Waals surface area contributed by atoms with Gasteiger partial charge in [-0.3, -0.25) is 4.90 Å². The lowest BCUT2D eigenvalue weighted by Crippen LogP contribution is -2.48. The molecule has 0 N–H and O–H groups in total. The van der Waals surface area contributed by atoms with Crippen molar-refractivity contribution in [3.05, 3.63) is 58.1 Å². The first-order valence-electron chi connectivity index (χ1n) is 9.67. The maximum atomic E-state index is 13.4. The van der Waals surface area contributed by atoms with Gasteiger partial charge in [0.2, 0.25) is 10.0 Å². The Morgan fingerprint density at radius 3 is 1.93 bits per heavy atom. The van der Waals surface area contributed by atoms with Crippen LogP contribution in [0.4, 0.5) is 0 Å². The Balaban J connectivity index is 1.72. The topological polar surface area (TPSA) is 49.9 Å². The summed E-state index contributed by atoms with van der Waals surface area (Å²) in [7, 11) is -1.82. The average Bonchev–Trinajstić information content (AvgIpc) is 2.67. The van der Waals surface area contributed by atoms with E-state index in [4.69, 9.17) is 4.74 Å². The Bertz CT molecular complexity index is 918. The molecule has 0 bridgehead atoms. The highest BCUT2D eigenvalue weighted by atomic mass is 32.2. The zero-order valence-electron chi connectivity index (χ0n) is 17.4. The Hall–Kier alpha value is -1.89. The molecule has 0 radical (unpaired) electrons. The fourth-order valence-corrected chi connectivity index (χ4v) is 5.81. The van der Waals surface area contributed by atoms with Gasteiger partial charge in [-0.15, -0.1) is 0 Å². The summed E-state index contributed by atoms with van der Waals surface area (Å²) in [6, 6.07) is 10.1. The van der Waals surface area contributed by atoms with Gasteiger partial charge in [0.25, 0.3) is 0 Å². The summed E-state index contributed by atoms with van der Waals surface area (Å²) in [5, 5.41) is 0. The number of sulfonamides is 1. The van der Waals surface area contributed by atoms with Gasteiger partial charge in [0.1, 0.15) is 5.75 Å². The first-order chi connectivity index (χ1) is 13.2. The second-order valence-electron chi connectivity index (χ2n) is 7.62. The summed E-state index contributed by atoms with van der Waals surface area (Å²) in [5.74, 6) is 0.846. The first-order valence-corrected chi connectivity index (χ1v) is 11.1. The molecule has 0 saturated carbocycles. The minimum Gasteiger partial charge on any atom is -0.497 e. The van der Waals surface area contributed by atoms with Gasteiger partial charge in [-0.1, -0.05) is 18.2 Å². The van der Waals surface area contributed by atoms with Gasteiger partial charge in [0.05, 0.1) is 12.0 Å². The minimum absolute atomic E-state index is 0.494. The van der Waals surface area contributed by atoms with E-state index in [0.29, 0.717) is 18.0 Å². The lowest BCUT2D eigenvalue weighted by molar-refractivity contribution is 0.181. The predicted octanol–water partition coefficient (Wildman–Crippen LogP) is 3.44. The second-order valence-corrected chi connectivity index (χ2v) is 9.49. The SMILES string of the molecule is COc1ccc(CN2CCN(S(=O)(=O)c3c(C)c(C)cc(C)c3C)CC2)cc1. The van der Waals surface area contributed by atoms with E-state index in [0.717, 1.165) is 47.6 Å². The van der Waals surface area contributed by atoms with Crippen LogP contribution in [-0.2, 0) is 16.6 Å². The quantitative estimate of drug-likeness (QED) is 0.769. The molecule has 6 heteroatoms. The van der Waals surface area contributed by atoms with Crippen LogP contribution in [0.25, 0.3) is 0 Å². The summed E-state index contributed by atoms with van der Waals surface area (Å²) < 4.78 is 33.6. The molecule has 1 fully saturated rings. The summed E-state index contributed by atoms with van der Waals surface area (Å²) in [5.41, 5.74) is 4.99. The van der Waals surface area contributed by atoms with E-state index in [1.165, 1.54) is 5.56 Å². The molecular weight excluding hydrogens is 372 g/mol. The van der Waals surface area contributed by atoms with Gasteiger partial charge in [-0.25, -0.2) is 8.42 Å². The summed E-state index contributed by atoms with van der Waals surface area (Å²) in [6.07, 6.45) is 0. The number of hydrogen-bond acceptors (Lipinski definition) is 4. The number of piperazine rings is 1. The molecular formula is C22H30N2O3S. The van der Waals surface area contributed by atoms with Crippen LogP contribution in [0.1, 0.15) is 27.8 Å². The highest BCUT2D eigenvalue weighted by molar-refractivity contribution is 7.89. The fraction of sp³-hybridized carbons (Fsp3) is 0.455. The van der Waals surface area contributed by atoms with Crippen molar-refractivity contribution in [2.45, 2.75) is 39.1 Å². The molecule has 0 atom stereocenters. The van der Waals surface area contributed by atoms with Crippen molar-refractivity contribution in [1.29, 1.82) is 0 Å². The van der Waals surface area contributed by atoms with Gasteiger partial charge in [0, 0.05) is 32.7 Å². The molecule has 152 valence electrons. The number of rotatable bonds is 5. The molecule has 0 aliphatic carbocycles. The van der Waals surface area contributed by atoms with E-state index >= 15 is 0 Å². The molecule has 28 heavy (non-hydrogen) atoms. The highest BCUT2D eigenvalue weighted by Gasteiger charge is 2.31. The van der Waals surface area contributed by atoms with Crippen LogP contribution < -0.4 is 4.74 Å². The third-order valence-electron chi connectivity index (χ3n) is 5.79. The Kier molecular flexibility index (Phi) is 6.12. The molecule has 1 aliphatic rings. The van der Waals surface area contributed by atoms with Crippen molar-refractivity contribution < 1.29 is 13.2 Å². The molecule has 2 aromatic rings. The maximum Gasteiger partial charge on any atom is 0.243 e. The van der Waals surface area contributed by atoms with Crippen molar-refractivity contribution >= 4 is 10.0 Å². The van der Waals surface area contributed by atoms with Crippen molar-refractivity contribution in [2.75, 3.05) is 33.3 Å². The third-order valence-corrected chi connectivity index (χ3v) is 7.96. The van der Waals surface area contributed by atoms with Gasteiger partial charge >= 0.3 is 0 Å². The van der Waals surface area contributed by atoms with Crippen molar-refractivity contribution in [1.82, 2.24) is 9.21 Å². The maximum absolute atomic E-state index is 13.4. The zero-order valence-corrected chi connectivity index (χ0v) is 18.3. The normalized spacial score (nSPS) is 16.3. The van der Waals surface area contributed by atoms with Crippen molar-refractivity contribution in [3.8, 4) is 5.75 Å². The molecule has 0 spiro atoms. The highest BCUT2D eigenvalue weighted by Crippen LogP contribution is 2.29. The molecule has 0 unspecified atom stereocenters. The molecule has 1 heterocycles. The van der Waals surface area contributed by atoms with E-state index in [-0.39, 0.29) is 0 Å². The molecule has 0 amide bonds. The van der Waals surface area contributed by atoms with Gasteiger partial charge in [-0.2, -0.15) is 4.31 Å². The van der Waals surface area contributed by atoms with E-state index in [1.807, 2.05) is 39.8 Å². The van der Waals surface area contributed by atoms with Crippen LogP contribution >= 0.6 is 0 Å². The van der Waals surface area contributed by atoms with Crippen LogP contribution in [-0.4, -0.2) is 50.9 Å². The lowest BCUT2D eigenvalue weighted by atomic mass is 10.0. The standard InChI is InChI=1S/C22H30N2O3S/c1-16-14-17(2)19(4)22(18(16)3)28(25,26)24-12-10-23(11-13-24)15-20-6-8-21(27-5)9-7-20/h6-9,14H,10-13,15H2,1-5H3. The average molecular weight is 403 g/mol. The zero-order chi connectivity index (χ0) is 20.5. The van der Waals surface area contributed by atoms with Crippen LogP contribution in [0.3, 0.4) is 0 Å². The third kappa shape index (κ3) is 4.09. The molecule has 5 nitrogen and oxygen atoms in total. The Morgan fingerprint density at radius 1 is 0.893 bits per heavy atom. The summed E-state index contributed by atoms with van der Waals surface area (Å²) >= 11 is 0. The van der Waals surface area contributed by atoms with E-state index < -0.39 is 10.0 Å². The minimum atomic E-state index is -3.48. The van der Waals surface area contributed by atoms with E-state index in [9.17, 15) is 8.42 Å². The number of benzene rings is 2. The monoisotopic (exact) mass is 402 g/mol. The second kappa shape index (κ2) is 8.23. The molecule has 0 aromatic heterocycles. The van der Waals surface area contributed by atoms with Crippen molar-refractivity contribution in [3.63, 3.8) is 0 Å². The van der Waals surface area contributed by atoms with Crippen LogP contribution in [0.2, 0.25) is 0 Å². The van der Waals surface area contributed by atoms with Crippen molar-refractivity contribution in [2.24, 2.45) is 0 Å². The molecule has 2 aromatic carbocycles. The number of ether oxygens (including phenoxy) is 1. The van der Waals surface area contributed by atoms with Gasteiger partial charge in [0.15, 0.2) is 0 Å². The summed E-state index contributed by atoms with van der Waals surface area (Å²) in [6.45, 7) is 11.1. The molecule has 3 rings (SSSR count). The predicted molar refractivity (Wildman–Crippen MR) is 112 cm³/mol.